The van der Waals surface area contributed by atoms with Crippen LogP contribution in [0.4, 0.5) is 4.79 Å². The van der Waals surface area contributed by atoms with Crippen LogP contribution in [0.3, 0.4) is 0 Å². The second kappa shape index (κ2) is 14.5. The molecule has 3 saturated heterocycles. The largest absolute Gasteiger partial charge is 0.445 e. The van der Waals surface area contributed by atoms with Gasteiger partial charge in [0.2, 0.25) is 5.91 Å². The highest BCUT2D eigenvalue weighted by Crippen LogP contribution is 2.53. The van der Waals surface area contributed by atoms with E-state index in [4.69, 9.17) is 14.2 Å². The van der Waals surface area contributed by atoms with Crippen LogP contribution >= 0.6 is 0 Å². The molecular formula is C41H49N3O7. The van der Waals surface area contributed by atoms with Crippen LogP contribution in [0.1, 0.15) is 93.1 Å². The maximum Gasteiger partial charge on any atom is 0.408 e. The molecule has 10 heteroatoms. The highest BCUT2D eigenvalue weighted by atomic mass is 16.7. The SMILES string of the molecule is CC1(C)CC2CC(C)(CN2C[C@H]2C[C@@H](c3ccc(CO)cc3)O[C@@H](c3ccc(CN4C(=O)CC(NC(=O)OCc5ccccc5)C4=O)cc3)O2)C1. The van der Waals surface area contributed by atoms with E-state index in [0.717, 1.165) is 47.3 Å². The van der Waals surface area contributed by atoms with Gasteiger partial charge >= 0.3 is 6.09 Å². The molecule has 3 amide bonds. The molecule has 4 aliphatic rings. The molecule has 6 atom stereocenters. The Morgan fingerprint density at radius 3 is 2.33 bits per heavy atom. The number of aliphatic hydroxyl groups is 1. The van der Waals surface area contributed by atoms with Gasteiger partial charge in [0.05, 0.1) is 31.8 Å². The maximum atomic E-state index is 13.1. The van der Waals surface area contributed by atoms with Crippen molar-refractivity contribution in [2.45, 2.75) is 103 Å². The molecule has 3 unspecified atom stereocenters. The average molecular weight is 696 g/mol. The van der Waals surface area contributed by atoms with Crippen molar-refractivity contribution in [3.63, 3.8) is 0 Å². The molecule has 3 heterocycles. The molecule has 1 aliphatic carbocycles. The van der Waals surface area contributed by atoms with Gasteiger partial charge in [-0.25, -0.2) is 4.79 Å². The van der Waals surface area contributed by atoms with E-state index in [0.29, 0.717) is 16.9 Å². The van der Waals surface area contributed by atoms with Crippen molar-refractivity contribution in [2.75, 3.05) is 13.1 Å². The number of aliphatic hydroxyl groups excluding tert-OH is 1. The first-order valence-electron chi connectivity index (χ1n) is 18.1. The summed E-state index contributed by atoms with van der Waals surface area (Å²) in [6.07, 6.45) is 2.72. The number of nitrogens with one attached hydrogen (secondary N) is 1. The Labute approximate surface area is 300 Å². The van der Waals surface area contributed by atoms with Crippen molar-refractivity contribution in [3.8, 4) is 0 Å². The summed E-state index contributed by atoms with van der Waals surface area (Å²) in [6.45, 7) is 9.30. The number of nitrogens with zero attached hydrogens (tertiary/aromatic N) is 2. The van der Waals surface area contributed by atoms with Crippen LogP contribution in [0.15, 0.2) is 78.9 Å². The monoisotopic (exact) mass is 695 g/mol. The molecule has 7 rings (SSSR count). The summed E-state index contributed by atoms with van der Waals surface area (Å²) in [5.41, 5.74) is 5.02. The summed E-state index contributed by atoms with van der Waals surface area (Å²) >= 11 is 0. The molecular weight excluding hydrogens is 646 g/mol. The second-order valence-electron chi connectivity index (χ2n) is 16.0. The van der Waals surface area contributed by atoms with Crippen LogP contribution < -0.4 is 5.32 Å². The Kier molecular flexibility index (Phi) is 10.0. The van der Waals surface area contributed by atoms with Gasteiger partial charge in [0.15, 0.2) is 6.29 Å². The summed E-state index contributed by atoms with van der Waals surface area (Å²) < 4.78 is 18.5. The lowest BCUT2D eigenvalue weighted by Gasteiger charge is -2.41. The highest BCUT2D eigenvalue weighted by molar-refractivity contribution is 6.06. The van der Waals surface area contributed by atoms with Crippen molar-refractivity contribution in [1.29, 1.82) is 0 Å². The molecule has 0 aromatic heterocycles. The highest BCUT2D eigenvalue weighted by Gasteiger charge is 2.50. The maximum absolute atomic E-state index is 13.1. The number of hydrogen-bond acceptors (Lipinski definition) is 8. The van der Waals surface area contributed by atoms with Gasteiger partial charge in [-0.3, -0.25) is 19.4 Å². The molecule has 10 nitrogen and oxygen atoms in total. The number of hydrogen-bond donors (Lipinski definition) is 2. The van der Waals surface area contributed by atoms with Gasteiger partial charge in [0.1, 0.15) is 12.6 Å². The molecule has 270 valence electrons. The van der Waals surface area contributed by atoms with Crippen LogP contribution in [-0.2, 0) is 43.6 Å². The quantitative estimate of drug-likeness (QED) is 0.242. The van der Waals surface area contributed by atoms with Crippen LogP contribution in [0.5, 0.6) is 0 Å². The molecule has 0 spiro atoms. The number of carbonyl (C=O) groups is 3. The number of rotatable bonds is 10. The van der Waals surface area contributed by atoms with Gasteiger partial charge < -0.3 is 24.6 Å². The lowest BCUT2D eigenvalue weighted by Crippen LogP contribution is -2.42. The van der Waals surface area contributed by atoms with Crippen LogP contribution in [0.25, 0.3) is 0 Å². The fraction of sp³-hybridized carbons (Fsp3) is 0.488. The number of ether oxygens (including phenoxy) is 3. The molecule has 3 aromatic carbocycles. The van der Waals surface area contributed by atoms with Crippen LogP contribution in [0.2, 0.25) is 0 Å². The third-order valence-corrected chi connectivity index (χ3v) is 10.9. The van der Waals surface area contributed by atoms with E-state index in [1.165, 1.54) is 24.2 Å². The summed E-state index contributed by atoms with van der Waals surface area (Å²) in [5, 5.41) is 12.1. The minimum atomic E-state index is -0.965. The number of fused-ring (bicyclic) bond motifs is 2. The molecule has 0 radical (unpaired) electrons. The smallest absolute Gasteiger partial charge is 0.408 e. The molecule has 4 fully saturated rings. The molecule has 1 saturated carbocycles. The van der Waals surface area contributed by atoms with E-state index < -0.39 is 24.3 Å². The zero-order chi connectivity index (χ0) is 35.8. The Balaban J connectivity index is 1.00. The standard InChI is InChI=1S/C41H49N3O7/c1-40(2)19-32-20-41(3,25-40)26-43(32)22-33-17-35(30-13-11-28(23-45)12-14-30)51-38(50-33)31-15-9-27(10-16-31)21-44-36(46)18-34(37(44)47)42-39(48)49-24-29-7-5-4-6-8-29/h4-16,32-35,38,45H,17-26H2,1-3H3,(H,42,48)/t32?,33-,34?,35+,38+,41?/m1/s1. The van der Waals surface area contributed by atoms with Gasteiger partial charge in [0, 0.05) is 31.1 Å². The lowest BCUT2D eigenvalue weighted by molar-refractivity contribution is -0.253. The second-order valence-corrected chi connectivity index (χ2v) is 16.0. The third kappa shape index (κ3) is 8.20. The van der Waals surface area contributed by atoms with E-state index in [1.54, 1.807) is 0 Å². The third-order valence-electron chi connectivity index (χ3n) is 10.9. The number of amides is 3. The van der Waals surface area contributed by atoms with E-state index >= 15 is 0 Å². The van der Waals surface area contributed by atoms with E-state index in [-0.39, 0.29) is 44.3 Å². The van der Waals surface area contributed by atoms with Gasteiger partial charge in [-0.05, 0) is 52.3 Å². The fourth-order valence-corrected chi connectivity index (χ4v) is 8.92. The predicted octanol–water partition coefficient (Wildman–Crippen LogP) is 6.18. The number of alkyl carbamates (subject to hydrolysis) is 1. The number of benzene rings is 3. The zero-order valence-electron chi connectivity index (χ0n) is 29.8. The summed E-state index contributed by atoms with van der Waals surface area (Å²) in [4.78, 5) is 42.2. The van der Waals surface area contributed by atoms with Crippen LogP contribution in [-0.4, -0.2) is 64.1 Å². The van der Waals surface area contributed by atoms with Gasteiger partial charge in [-0.15, -0.1) is 0 Å². The van der Waals surface area contributed by atoms with Crippen molar-refractivity contribution >= 4 is 17.9 Å². The number of imide groups is 1. The zero-order valence-corrected chi connectivity index (χ0v) is 29.8. The van der Waals surface area contributed by atoms with Gasteiger partial charge in [-0.1, -0.05) is 99.6 Å². The summed E-state index contributed by atoms with van der Waals surface area (Å²) in [6, 6.07) is 24.4. The fourth-order valence-electron chi connectivity index (χ4n) is 8.92. The van der Waals surface area contributed by atoms with Gasteiger partial charge in [-0.2, -0.15) is 0 Å². The molecule has 2 N–H and O–H groups in total. The van der Waals surface area contributed by atoms with Crippen molar-refractivity contribution in [3.05, 3.63) is 107 Å². The van der Waals surface area contributed by atoms with E-state index in [2.05, 4.69) is 31.0 Å². The number of likely N-dealkylation sites (tertiary alicyclic amines) is 2. The predicted molar refractivity (Wildman–Crippen MR) is 190 cm³/mol. The average Bonchev–Trinajstić information content (AvgIpc) is 3.51. The van der Waals surface area contributed by atoms with Crippen molar-refractivity contribution in [2.24, 2.45) is 10.8 Å². The summed E-state index contributed by atoms with van der Waals surface area (Å²) in [5.74, 6) is -0.806. The van der Waals surface area contributed by atoms with Crippen molar-refractivity contribution in [1.82, 2.24) is 15.1 Å². The first-order chi connectivity index (χ1) is 24.5. The van der Waals surface area contributed by atoms with Crippen LogP contribution in [0, 0.1) is 10.8 Å². The normalized spacial score (nSPS) is 28.9. The van der Waals surface area contributed by atoms with Gasteiger partial charge in [0.25, 0.3) is 5.91 Å². The van der Waals surface area contributed by atoms with E-state index in [1.807, 2.05) is 78.9 Å². The molecule has 3 aliphatic heterocycles. The van der Waals surface area contributed by atoms with E-state index in [9.17, 15) is 19.5 Å². The summed E-state index contributed by atoms with van der Waals surface area (Å²) in [7, 11) is 0. The molecule has 51 heavy (non-hydrogen) atoms. The minimum Gasteiger partial charge on any atom is -0.445 e. The topological polar surface area (TPSA) is 118 Å². The Morgan fingerprint density at radius 2 is 1.61 bits per heavy atom. The lowest BCUT2D eigenvalue weighted by atomic mass is 9.65. The Morgan fingerprint density at radius 1 is 0.902 bits per heavy atom. The first kappa shape index (κ1) is 35.3. The Hall–Kier alpha value is -4.09. The minimum absolute atomic E-state index is 0.00886. The van der Waals surface area contributed by atoms with Crippen molar-refractivity contribution < 1.29 is 33.7 Å². The molecule has 2 bridgehead atoms. The number of carbonyl (C=O) groups excluding carboxylic acids is 3. The first-order valence-corrected chi connectivity index (χ1v) is 18.1. The molecule has 3 aromatic rings. The Bertz CT molecular complexity index is 1710.